The van der Waals surface area contributed by atoms with Crippen LogP contribution in [0.1, 0.15) is 225 Å². The second-order valence-corrected chi connectivity index (χ2v) is 79.4. The Morgan fingerprint density at radius 1 is 0.316 bits per heavy atom. The van der Waals surface area contributed by atoms with Crippen LogP contribution in [0.5, 0.6) is 0 Å². The van der Waals surface area contributed by atoms with Gasteiger partial charge in [-0.15, -0.1) is 0 Å². The van der Waals surface area contributed by atoms with E-state index in [9.17, 15) is 0 Å². The number of hydrogen-bond acceptors (Lipinski definition) is 9. The first kappa shape index (κ1) is 110. The molecule has 0 N–H and O–H groups in total. The molecule has 9 rings (SSSR count). The van der Waals surface area contributed by atoms with Crippen molar-refractivity contribution >= 4 is 74.9 Å². The molecule has 0 heterocycles. The maximum atomic E-state index is 6.29. The summed E-state index contributed by atoms with van der Waals surface area (Å²) in [6, 6.07) is 10.6. The third kappa shape index (κ3) is 39.7. The summed E-state index contributed by atoms with van der Waals surface area (Å²) in [5, 5.41) is 0. The maximum Gasteiger partial charge on any atom is 0.244 e. The molecule has 0 aliphatic heterocycles. The maximum absolute atomic E-state index is 6.29. The molecule has 9 nitrogen and oxygen atoms in total. The van der Waals surface area contributed by atoms with Gasteiger partial charge in [0.1, 0.15) is 0 Å². The van der Waals surface area contributed by atoms with Crippen molar-refractivity contribution in [2.75, 3.05) is 0 Å². The Morgan fingerprint density at radius 2 is 0.744 bits per heavy atom. The van der Waals surface area contributed by atoms with Crippen LogP contribution in [0.2, 0.25) is 172 Å². The SMILES string of the molecule is CC[Si](C)(C)OC1=C(C)C(C)=C(C)C1.CC[Si](C)(C)OC1=C(C)C(C)=C(C)C1C.CC[Si](C)(C)OC1=C(C)C(C)=CC1.CC[Si](C)(C)OC1=C(C)C(C)=CC1C.CC[Si](C)(C)OC1=C(C)C=C(C)C1.CC[Si](C)(C)OC1=C(C)C=CC1.CC[Si](C)(C)OC1=C(C)C=CC1C.CC[Si](C)(C)OC1=CC(C)=CC1.CC[Si](C)(C)OC1=CC=CC1. The summed E-state index contributed by atoms with van der Waals surface area (Å²) in [6.07, 6.45) is 32.2. The van der Waals surface area contributed by atoms with E-state index in [-0.39, 0.29) is 0 Å². The third-order valence-corrected chi connectivity index (χ3v) is 47.4. The van der Waals surface area contributed by atoms with Crippen molar-refractivity contribution in [1.29, 1.82) is 0 Å². The smallest absolute Gasteiger partial charge is 0.244 e. The summed E-state index contributed by atoms with van der Waals surface area (Å²) in [7, 11) is -12.7. The first-order valence-electron chi connectivity index (χ1n) is 45.2. The Balaban J connectivity index is 0.000000659. The Hall–Kier alpha value is -4.53. The average Bonchev–Trinajstić information content (AvgIpc) is 1.74. The molecule has 0 saturated carbocycles. The highest BCUT2D eigenvalue weighted by Gasteiger charge is 2.35. The van der Waals surface area contributed by atoms with Crippen LogP contribution < -0.4 is 0 Å². The van der Waals surface area contributed by atoms with Gasteiger partial charge in [0.05, 0.1) is 51.8 Å². The molecular weight excluding hydrogens is 1590 g/mol. The van der Waals surface area contributed by atoms with E-state index in [0.717, 1.165) is 44.3 Å². The van der Waals surface area contributed by atoms with Crippen LogP contribution in [0.3, 0.4) is 0 Å². The van der Waals surface area contributed by atoms with Crippen molar-refractivity contribution in [2.45, 2.75) is 398 Å². The Bertz CT molecular complexity index is 3900. The molecule has 0 aromatic rings. The molecule has 0 spiro atoms. The van der Waals surface area contributed by atoms with E-state index in [4.69, 9.17) is 39.8 Å². The van der Waals surface area contributed by atoms with Crippen LogP contribution in [-0.4, -0.2) is 74.9 Å². The molecule has 117 heavy (non-hydrogen) atoms. The van der Waals surface area contributed by atoms with Gasteiger partial charge in [0, 0.05) is 56.3 Å². The normalized spacial score (nSPS) is 19.4. The molecule has 0 aromatic carbocycles. The van der Waals surface area contributed by atoms with Gasteiger partial charge in [-0.1, -0.05) is 166 Å². The molecule has 0 aromatic heterocycles. The highest BCUT2D eigenvalue weighted by Crippen LogP contribution is 2.41. The number of rotatable bonds is 27. The lowest BCUT2D eigenvalue weighted by Crippen LogP contribution is -2.30. The van der Waals surface area contributed by atoms with Gasteiger partial charge in [-0.3, -0.25) is 0 Å². The molecule has 9 aliphatic rings. The van der Waals surface area contributed by atoms with E-state index in [1.165, 1.54) is 184 Å². The first-order chi connectivity index (χ1) is 53.6. The predicted molar refractivity (Wildman–Crippen MR) is 541 cm³/mol. The molecular formula is C99H180O9Si9. The van der Waals surface area contributed by atoms with Crippen molar-refractivity contribution in [3.8, 4) is 0 Å². The van der Waals surface area contributed by atoms with E-state index < -0.39 is 74.9 Å². The Labute approximate surface area is 733 Å². The average molecular weight is 1770 g/mol. The second-order valence-electron chi connectivity index (χ2n) is 39.6. The van der Waals surface area contributed by atoms with Gasteiger partial charge in [-0.25, -0.2) is 0 Å². The summed E-state index contributed by atoms with van der Waals surface area (Å²) in [5.74, 6) is 12.3. The molecule has 666 valence electrons. The molecule has 0 fully saturated rings. The third-order valence-electron chi connectivity index (χ3n) is 25.0. The Morgan fingerprint density at radius 3 is 1.08 bits per heavy atom. The van der Waals surface area contributed by atoms with Crippen LogP contribution in [-0.2, 0) is 39.8 Å². The molecule has 18 heteroatoms. The minimum Gasteiger partial charge on any atom is -0.547 e. The van der Waals surface area contributed by atoms with Crippen molar-refractivity contribution in [3.63, 3.8) is 0 Å². The zero-order valence-electron chi connectivity index (χ0n) is 84.4. The molecule has 0 saturated heterocycles. The van der Waals surface area contributed by atoms with E-state index in [1.807, 2.05) is 0 Å². The highest BCUT2D eigenvalue weighted by molar-refractivity contribution is 6.74. The standard InChI is InChI=1S/C13H24OSi.2C12H22OSi.3C11H20OSi.2C10H18OSi.C9H16OSi/c1-8-15(6,7)14-13-11(4)9(2)10(3)12(13)5;1-7-14(5,6)13-12-8-9(2)10(3)11(12)4;1-7-14(5,6)13-12-10(3)8-9(2)11(12)4;1-6-13(4,5)12-11-8-9(2)7-10(11)3;1-6-13(4,5)12-11-8-7-9(2)10(11)3;1-6-13(4,5)12-11-9(2)7-8-10(11)3;1-5-12(3,4)11-10-7-6-9(2)8-10;1-5-12(3,4)11-10-8-6-7-9(10)2;1-4-11(2,3)10-9-7-5-6-8-9/h11H,8H2,1-7H3;7-8H2,1-6H3;8,10H,7H2,1-6H3;2*7H,6,8H2,1-5H3;7-9H,6H2,1-5H3;6,8H,5,7H2,1-4H3;6-7H,5,8H2,1-4H3;5-7H,4,8H2,1-3H3. The first-order valence-corrected chi connectivity index (χ1v) is 73.2. The van der Waals surface area contributed by atoms with Gasteiger partial charge in [0.2, 0.25) is 74.9 Å². The number of allylic oxidation sites excluding steroid dienone is 27. The molecule has 3 unspecified atom stereocenters. The van der Waals surface area contributed by atoms with Crippen LogP contribution in [0, 0.1) is 17.8 Å². The van der Waals surface area contributed by atoms with Gasteiger partial charge in [0.25, 0.3) is 0 Å². The van der Waals surface area contributed by atoms with E-state index >= 15 is 0 Å². The van der Waals surface area contributed by atoms with Crippen LogP contribution >= 0.6 is 0 Å². The van der Waals surface area contributed by atoms with Crippen molar-refractivity contribution in [1.82, 2.24) is 0 Å². The van der Waals surface area contributed by atoms with Crippen LogP contribution in [0.4, 0.5) is 0 Å². The lowest BCUT2D eigenvalue weighted by molar-refractivity contribution is 0.368. The minimum absolute atomic E-state index is 0.480. The molecule has 0 radical (unpaired) electrons. The predicted octanol–water partition coefficient (Wildman–Crippen LogP) is 34.2. The van der Waals surface area contributed by atoms with Gasteiger partial charge in [-0.05, 0) is 350 Å². The summed E-state index contributed by atoms with van der Waals surface area (Å²) in [4.78, 5) is 0. The van der Waals surface area contributed by atoms with Crippen LogP contribution in [0.25, 0.3) is 0 Å². The van der Waals surface area contributed by atoms with Gasteiger partial charge in [-0.2, -0.15) is 0 Å². The topological polar surface area (TPSA) is 83.1 Å². The minimum atomic E-state index is -1.47. The van der Waals surface area contributed by atoms with Crippen molar-refractivity contribution in [2.24, 2.45) is 17.8 Å². The fourth-order valence-electron chi connectivity index (χ4n) is 12.3. The fourth-order valence-corrected chi connectivity index (χ4v) is 21.7. The lowest BCUT2D eigenvalue weighted by atomic mass is 10.0. The lowest BCUT2D eigenvalue weighted by Gasteiger charge is -2.27. The van der Waals surface area contributed by atoms with Crippen molar-refractivity contribution in [3.05, 3.63) is 208 Å². The number of hydrogen-bond donors (Lipinski definition) is 0. The second kappa shape index (κ2) is 49.1. The molecule has 3 atom stereocenters. The quantitative estimate of drug-likeness (QED) is 0.0747. The summed E-state index contributed by atoms with van der Waals surface area (Å²) >= 11 is 0. The molecule has 9 aliphatic carbocycles. The summed E-state index contributed by atoms with van der Waals surface area (Å²) in [5.41, 5.74) is 20.7. The highest BCUT2D eigenvalue weighted by atomic mass is 28.4. The molecule has 0 bridgehead atoms. The van der Waals surface area contributed by atoms with Gasteiger partial charge in [0.15, 0.2) is 0 Å². The molecule has 0 amide bonds. The zero-order valence-corrected chi connectivity index (χ0v) is 93.4. The largest absolute Gasteiger partial charge is 0.547 e. The fraction of sp³-hybridized carbons (Fsp3) is 0.636. The monoisotopic (exact) mass is 1770 g/mol. The van der Waals surface area contributed by atoms with E-state index in [2.05, 4.69) is 378 Å². The van der Waals surface area contributed by atoms with Gasteiger partial charge < -0.3 is 39.8 Å². The summed E-state index contributed by atoms with van der Waals surface area (Å²) < 4.78 is 54.9. The van der Waals surface area contributed by atoms with E-state index in [1.54, 1.807) is 0 Å². The van der Waals surface area contributed by atoms with E-state index in [0.29, 0.717) is 17.8 Å². The zero-order chi connectivity index (χ0) is 90.5. The van der Waals surface area contributed by atoms with Gasteiger partial charge >= 0.3 is 0 Å². The summed E-state index contributed by atoms with van der Waals surface area (Å²) in [6.45, 7) is 100. The van der Waals surface area contributed by atoms with Crippen LogP contribution in [0.15, 0.2) is 208 Å². The van der Waals surface area contributed by atoms with Crippen molar-refractivity contribution < 1.29 is 39.8 Å². The Kier molecular flexibility index (Phi) is 46.4.